The van der Waals surface area contributed by atoms with Crippen LogP contribution in [0.15, 0.2) is 85.3 Å². The molecule has 33 heavy (non-hydrogen) atoms. The Balaban J connectivity index is 1.57. The Morgan fingerprint density at radius 2 is 1.79 bits per heavy atom. The van der Waals surface area contributed by atoms with Crippen molar-refractivity contribution in [3.8, 4) is 22.8 Å². The van der Waals surface area contributed by atoms with Gasteiger partial charge in [0, 0.05) is 59.7 Å². The topological polar surface area (TPSA) is 78.3 Å². The number of methoxy groups -OCH3 is 2. The van der Waals surface area contributed by atoms with E-state index in [0.717, 1.165) is 22.4 Å². The molecule has 7 heteroatoms. The summed E-state index contributed by atoms with van der Waals surface area (Å²) in [6.07, 6.45) is 8.64. The van der Waals surface area contributed by atoms with Crippen LogP contribution in [-0.2, 0) is 11.3 Å². The van der Waals surface area contributed by atoms with Crippen LogP contribution in [0.3, 0.4) is 0 Å². The summed E-state index contributed by atoms with van der Waals surface area (Å²) >= 11 is 0. The highest BCUT2D eigenvalue weighted by Gasteiger charge is 2.11. The largest absolute Gasteiger partial charge is 0.497 e. The predicted octanol–water partition coefficient (Wildman–Crippen LogP) is 4.66. The highest BCUT2D eigenvalue weighted by atomic mass is 16.5. The smallest absolute Gasteiger partial charge is 0.248 e. The van der Waals surface area contributed by atoms with Crippen LogP contribution >= 0.6 is 0 Å². The summed E-state index contributed by atoms with van der Waals surface area (Å²) in [4.78, 5) is 16.8. The molecular formula is C26H24N4O3. The van der Waals surface area contributed by atoms with Gasteiger partial charge in [-0.25, -0.2) is 0 Å². The normalized spacial score (nSPS) is 10.8. The summed E-state index contributed by atoms with van der Waals surface area (Å²) in [5, 5.41) is 7.59. The Morgan fingerprint density at radius 3 is 2.45 bits per heavy atom. The second-order valence-electron chi connectivity index (χ2n) is 7.28. The van der Waals surface area contributed by atoms with Crippen molar-refractivity contribution in [2.45, 2.75) is 6.54 Å². The zero-order valence-corrected chi connectivity index (χ0v) is 18.4. The fourth-order valence-electron chi connectivity index (χ4n) is 3.37. The number of benzene rings is 2. The van der Waals surface area contributed by atoms with E-state index in [1.807, 2.05) is 41.2 Å². The highest BCUT2D eigenvalue weighted by Crippen LogP contribution is 2.26. The fourth-order valence-corrected chi connectivity index (χ4v) is 3.37. The number of carbonyl (C=O) groups excluding carboxylic acids is 1. The predicted molar refractivity (Wildman–Crippen MR) is 128 cm³/mol. The first-order valence-electron chi connectivity index (χ1n) is 10.4. The molecule has 1 amide bonds. The molecule has 0 radical (unpaired) electrons. The average molecular weight is 441 g/mol. The summed E-state index contributed by atoms with van der Waals surface area (Å²) in [5.74, 6) is 0.905. The minimum Gasteiger partial charge on any atom is -0.497 e. The second kappa shape index (κ2) is 10.3. The molecule has 4 rings (SSSR count). The first kappa shape index (κ1) is 21.8. The number of rotatable bonds is 8. The molecule has 0 aliphatic heterocycles. The van der Waals surface area contributed by atoms with Crippen LogP contribution in [0.5, 0.6) is 11.5 Å². The zero-order chi connectivity index (χ0) is 23.0. The van der Waals surface area contributed by atoms with Gasteiger partial charge in [-0.1, -0.05) is 30.3 Å². The van der Waals surface area contributed by atoms with Gasteiger partial charge in [-0.05, 0) is 23.8 Å². The molecule has 0 atom stereocenters. The Labute approximate surface area is 192 Å². The number of nitrogens with one attached hydrogen (secondary N) is 1. The van der Waals surface area contributed by atoms with Gasteiger partial charge in [0.05, 0.1) is 20.8 Å². The maximum absolute atomic E-state index is 12.6. The van der Waals surface area contributed by atoms with Gasteiger partial charge in [-0.2, -0.15) is 5.10 Å². The van der Waals surface area contributed by atoms with Crippen molar-refractivity contribution in [1.29, 1.82) is 0 Å². The van der Waals surface area contributed by atoms with E-state index in [1.165, 1.54) is 6.08 Å². The van der Waals surface area contributed by atoms with E-state index in [4.69, 9.17) is 14.6 Å². The van der Waals surface area contributed by atoms with E-state index in [9.17, 15) is 4.79 Å². The number of pyridine rings is 1. The van der Waals surface area contributed by atoms with Crippen LogP contribution in [0.2, 0.25) is 0 Å². The third kappa shape index (κ3) is 5.65. The van der Waals surface area contributed by atoms with Crippen LogP contribution in [0.1, 0.15) is 11.1 Å². The molecule has 4 aromatic rings. The number of carbonyl (C=O) groups is 1. The van der Waals surface area contributed by atoms with E-state index < -0.39 is 0 Å². The number of amides is 1. The minimum atomic E-state index is -0.279. The standard InChI is InChI=1S/C26H24N4O3/c1-32-23-13-22(14-24(15-23)33-2)28-25(31)11-10-21-18-30(17-19-7-4-3-5-8-19)29-26(21)20-9-6-12-27-16-20/h3-16,18H,17H2,1-2H3,(H,28,31)/b11-10+. The van der Waals surface area contributed by atoms with E-state index in [0.29, 0.717) is 23.7 Å². The summed E-state index contributed by atoms with van der Waals surface area (Å²) < 4.78 is 12.4. The lowest BCUT2D eigenvalue weighted by Crippen LogP contribution is -2.08. The molecule has 0 spiro atoms. The lowest BCUT2D eigenvalue weighted by atomic mass is 10.1. The lowest BCUT2D eigenvalue weighted by molar-refractivity contribution is -0.111. The van der Waals surface area contributed by atoms with Gasteiger partial charge in [0.1, 0.15) is 17.2 Å². The molecule has 7 nitrogen and oxygen atoms in total. The van der Waals surface area contributed by atoms with E-state index in [1.54, 1.807) is 50.9 Å². The summed E-state index contributed by atoms with van der Waals surface area (Å²) in [5.41, 5.74) is 4.16. The first-order chi connectivity index (χ1) is 16.1. The molecule has 0 saturated carbocycles. The van der Waals surface area contributed by atoms with Crippen molar-refractivity contribution in [2.75, 3.05) is 19.5 Å². The van der Waals surface area contributed by atoms with E-state index >= 15 is 0 Å². The van der Waals surface area contributed by atoms with Crippen LogP contribution < -0.4 is 14.8 Å². The van der Waals surface area contributed by atoms with Gasteiger partial charge in [0.25, 0.3) is 0 Å². The number of hydrogen-bond acceptors (Lipinski definition) is 5. The van der Waals surface area contributed by atoms with Crippen molar-refractivity contribution in [3.05, 3.63) is 96.5 Å². The second-order valence-corrected chi connectivity index (χ2v) is 7.28. The molecule has 166 valence electrons. The highest BCUT2D eigenvalue weighted by molar-refractivity contribution is 6.02. The van der Waals surface area contributed by atoms with Crippen molar-refractivity contribution in [2.24, 2.45) is 0 Å². The first-order valence-corrected chi connectivity index (χ1v) is 10.4. The van der Waals surface area contributed by atoms with Gasteiger partial charge in [0.15, 0.2) is 0 Å². The van der Waals surface area contributed by atoms with Crippen molar-refractivity contribution in [3.63, 3.8) is 0 Å². The molecule has 0 bridgehead atoms. The van der Waals surface area contributed by atoms with Gasteiger partial charge in [-0.3, -0.25) is 14.5 Å². The molecule has 0 saturated heterocycles. The third-order valence-electron chi connectivity index (χ3n) is 4.95. The SMILES string of the molecule is COc1cc(NC(=O)/C=C/c2cn(Cc3ccccc3)nc2-c2cccnc2)cc(OC)c1. The van der Waals surface area contributed by atoms with Crippen LogP contribution in [0.25, 0.3) is 17.3 Å². The Bertz CT molecular complexity index is 1230. The van der Waals surface area contributed by atoms with E-state index in [-0.39, 0.29) is 5.91 Å². The molecular weight excluding hydrogens is 416 g/mol. The molecule has 2 heterocycles. The Kier molecular flexibility index (Phi) is 6.80. The lowest BCUT2D eigenvalue weighted by Gasteiger charge is -2.08. The number of nitrogens with zero attached hydrogens (tertiary/aromatic N) is 3. The third-order valence-corrected chi connectivity index (χ3v) is 4.95. The summed E-state index contributed by atoms with van der Waals surface area (Å²) in [7, 11) is 3.13. The van der Waals surface area contributed by atoms with E-state index in [2.05, 4.69) is 22.4 Å². The quantitative estimate of drug-likeness (QED) is 0.403. The average Bonchev–Trinajstić information content (AvgIpc) is 3.26. The number of aromatic nitrogens is 3. The fraction of sp³-hybridized carbons (Fsp3) is 0.115. The summed E-state index contributed by atoms with van der Waals surface area (Å²) in [6, 6.07) is 19.1. The molecule has 0 aliphatic carbocycles. The van der Waals surface area contributed by atoms with Crippen LogP contribution in [-0.4, -0.2) is 34.9 Å². The minimum absolute atomic E-state index is 0.279. The van der Waals surface area contributed by atoms with Crippen molar-refractivity contribution < 1.29 is 14.3 Å². The number of hydrogen-bond donors (Lipinski definition) is 1. The Hall–Kier alpha value is -4.39. The maximum Gasteiger partial charge on any atom is 0.248 e. The monoisotopic (exact) mass is 440 g/mol. The Morgan fingerprint density at radius 1 is 1.03 bits per heavy atom. The van der Waals surface area contributed by atoms with Gasteiger partial charge in [-0.15, -0.1) is 0 Å². The van der Waals surface area contributed by atoms with Gasteiger partial charge >= 0.3 is 0 Å². The molecule has 1 N–H and O–H groups in total. The number of anilines is 1. The molecule has 2 aromatic heterocycles. The van der Waals surface area contributed by atoms with Gasteiger partial charge in [0.2, 0.25) is 5.91 Å². The molecule has 0 unspecified atom stereocenters. The summed E-state index contributed by atoms with van der Waals surface area (Å²) in [6.45, 7) is 0.623. The van der Waals surface area contributed by atoms with Crippen molar-refractivity contribution >= 4 is 17.7 Å². The van der Waals surface area contributed by atoms with Gasteiger partial charge < -0.3 is 14.8 Å². The maximum atomic E-state index is 12.6. The van der Waals surface area contributed by atoms with Crippen LogP contribution in [0, 0.1) is 0 Å². The molecule has 0 fully saturated rings. The number of ether oxygens (including phenoxy) is 2. The van der Waals surface area contributed by atoms with Crippen molar-refractivity contribution in [1.82, 2.24) is 14.8 Å². The molecule has 0 aliphatic rings. The zero-order valence-electron chi connectivity index (χ0n) is 18.4. The van der Waals surface area contributed by atoms with Crippen LogP contribution in [0.4, 0.5) is 5.69 Å². The molecule has 2 aromatic carbocycles.